The Labute approximate surface area is 130 Å². The molecule has 0 aliphatic carbocycles. The van der Waals surface area contributed by atoms with Gasteiger partial charge in [-0.2, -0.15) is 5.10 Å². The second-order valence-electron chi connectivity index (χ2n) is 6.08. The molecule has 112 valence electrons. The van der Waals surface area contributed by atoms with Crippen LogP contribution in [0.15, 0.2) is 48.8 Å². The summed E-state index contributed by atoms with van der Waals surface area (Å²) in [6, 6.07) is 12.7. The van der Waals surface area contributed by atoms with E-state index in [0.717, 1.165) is 25.2 Å². The molecular weight excluding hydrogens is 272 g/mol. The van der Waals surface area contributed by atoms with Crippen LogP contribution in [-0.4, -0.2) is 33.2 Å². The molecule has 4 rings (SSSR count). The summed E-state index contributed by atoms with van der Waals surface area (Å²) < 4.78 is 0. The van der Waals surface area contributed by atoms with E-state index >= 15 is 0 Å². The summed E-state index contributed by atoms with van der Waals surface area (Å²) in [7, 11) is 0. The predicted molar refractivity (Wildman–Crippen MR) is 87.6 cm³/mol. The van der Waals surface area contributed by atoms with E-state index in [0.29, 0.717) is 5.92 Å². The maximum Gasteiger partial charge on any atom is 0.0746 e. The van der Waals surface area contributed by atoms with Gasteiger partial charge in [0.15, 0.2) is 0 Å². The van der Waals surface area contributed by atoms with Crippen molar-refractivity contribution in [2.45, 2.75) is 25.3 Å². The summed E-state index contributed by atoms with van der Waals surface area (Å²) in [4.78, 5) is 7.11. The predicted octanol–water partition coefficient (Wildman–Crippen LogP) is 3.34. The summed E-state index contributed by atoms with van der Waals surface area (Å²) in [6.45, 7) is 3.22. The van der Waals surface area contributed by atoms with Gasteiger partial charge in [-0.05, 0) is 37.1 Å². The molecule has 0 radical (unpaired) electrons. The van der Waals surface area contributed by atoms with Gasteiger partial charge in [0.25, 0.3) is 0 Å². The van der Waals surface area contributed by atoms with E-state index in [-0.39, 0.29) is 0 Å². The molecule has 1 saturated heterocycles. The monoisotopic (exact) mass is 292 g/mol. The third-order valence-electron chi connectivity index (χ3n) is 4.58. The van der Waals surface area contributed by atoms with Crippen molar-refractivity contribution in [3.8, 4) is 0 Å². The van der Waals surface area contributed by atoms with E-state index < -0.39 is 0 Å². The Kier molecular flexibility index (Phi) is 3.60. The zero-order valence-corrected chi connectivity index (χ0v) is 12.6. The Bertz CT molecular complexity index is 745. The standard InChI is InChI=1S/C18H20N4/c1-4-14-6-2-9-19-18(14)16(5-1)13-22-11-3-7-15(12-22)17-8-10-20-21-17/h1-2,4-6,8-10,15H,3,7,11-13H2,(H,20,21). The van der Waals surface area contributed by atoms with Crippen LogP contribution in [0.1, 0.15) is 30.0 Å². The molecule has 1 unspecified atom stereocenters. The minimum absolute atomic E-state index is 0.569. The number of benzene rings is 1. The number of nitrogens with one attached hydrogen (secondary N) is 1. The van der Waals surface area contributed by atoms with E-state index in [1.807, 2.05) is 18.5 Å². The number of rotatable bonds is 3. The van der Waals surface area contributed by atoms with Crippen molar-refractivity contribution in [3.63, 3.8) is 0 Å². The zero-order chi connectivity index (χ0) is 14.8. The second-order valence-corrected chi connectivity index (χ2v) is 6.08. The Morgan fingerprint density at radius 2 is 2.09 bits per heavy atom. The maximum absolute atomic E-state index is 4.57. The van der Waals surface area contributed by atoms with E-state index in [2.05, 4.69) is 50.4 Å². The number of nitrogens with zero attached hydrogens (tertiary/aromatic N) is 3. The Morgan fingerprint density at radius 1 is 1.14 bits per heavy atom. The third kappa shape index (κ3) is 2.62. The molecule has 0 spiro atoms. The molecule has 1 atom stereocenters. The number of likely N-dealkylation sites (tertiary alicyclic amines) is 1. The number of H-pyrrole nitrogens is 1. The van der Waals surface area contributed by atoms with Crippen LogP contribution in [0.4, 0.5) is 0 Å². The average molecular weight is 292 g/mol. The third-order valence-corrected chi connectivity index (χ3v) is 4.58. The number of piperidine rings is 1. The number of aromatic amines is 1. The number of fused-ring (bicyclic) bond motifs is 1. The number of hydrogen-bond donors (Lipinski definition) is 1. The molecule has 3 heterocycles. The highest BCUT2D eigenvalue weighted by Gasteiger charge is 2.22. The van der Waals surface area contributed by atoms with Crippen molar-refractivity contribution in [1.82, 2.24) is 20.1 Å². The van der Waals surface area contributed by atoms with E-state index in [4.69, 9.17) is 0 Å². The molecule has 2 aromatic heterocycles. The summed E-state index contributed by atoms with van der Waals surface area (Å²) >= 11 is 0. The normalized spacial score (nSPS) is 19.5. The highest BCUT2D eigenvalue weighted by Crippen LogP contribution is 2.27. The highest BCUT2D eigenvalue weighted by atomic mass is 15.1. The average Bonchev–Trinajstić information content (AvgIpc) is 3.10. The zero-order valence-electron chi connectivity index (χ0n) is 12.6. The first kappa shape index (κ1) is 13.5. The number of hydrogen-bond acceptors (Lipinski definition) is 3. The Hall–Kier alpha value is -2.20. The lowest BCUT2D eigenvalue weighted by molar-refractivity contribution is 0.199. The lowest BCUT2D eigenvalue weighted by Crippen LogP contribution is -2.34. The first-order chi connectivity index (χ1) is 10.9. The quantitative estimate of drug-likeness (QED) is 0.805. The number of pyridine rings is 1. The van der Waals surface area contributed by atoms with Gasteiger partial charge in [-0.1, -0.05) is 24.3 Å². The summed E-state index contributed by atoms with van der Waals surface area (Å²) in [5.41, 5.74) is 3.72. The summed E-state index contributed by atoms with van der Waals surface area (Å²) in [6.07, 6.45) is 6.21. The maximum atomic E-state index is 4.57. The molecule has 1 aromatic carbocycles. The molecule has 1 aliphatic heterocycles. The van der Waals surface area contributed by atoms with Gasteiger partial charge in [0.05, 0.1) is 5.52 Å². The van der Waals surface area contributed by atoms with Gasteiger partial charge in [-0.15, -0.1) is 0 Å². The highest BCUT2D eigenvalue weighted by molar-refractivity contribution is 5.81. The van der Waals surface area contributed by atoms with Gasteiger partial charge in [0.1, 0.15) is 0 Å². The van der Waals surface area contributed by atoms with Crippen LogP contribution in [0.5, 0.6) is 0 Å². The molecule has 0 saturated carbocycles. The van der Waals surface area contributed by atoms with Gasteiger partial charge < -0.3 is 0 Å². The molecule has 0 amide bonds. The van der Waals surface area contributed by atoms with Crippen molar-refractivity contribution in [2.24, 2.45) is 0 Å². The first-order valence-electron chi connectivity index (χ1n) is 7.94. The van der Waals surface area contributed by atoms with Crippen LogP contribution < -0.4 is 0 Å². The van der Waals surface area contributed by atoms with Gasteiger partial charge in [0, 0.05) is 42.5 Å². The van der Waals surface area contributed by atoms with Crippen LogP contribution in [0.3, 0.4) is 0 Å². The van der Waals surface area contributed by atoms with Crippen molar-refractivity contribution in [1.29, 1.82) is 0 Å². The number of para-hydroxylation sites is 1. The smallest absolute Gasteiger partial charge is 0.0746 e. The molecule has 4 heteroatoms. The topological polar surface area (TPSA) is 44.8 Å². The van der Waals surface area contributed by atoms with E-state index in [9.17, 15) is 0 Å². The van der Waals surface area contributed by atoms with Crippen molar-refractivity contribution in [3.05, 3.63) is 60.0 Å². The SMILES string of the molecule is c1cnc2c(CN3CCCC(c4ccn[nH]4)C3)cccc2c1. The van der Waals surface area contributed by atoms with Crippen LogP contribution in [0.25, 0.3) is 10.9 Å². The van der Waals surface area contributed by atoms with Crippen molar-refractivity contribution in [2.75, 3.05) is 13.1 Å². The fourth-order valence-corrected chi connectivity index (χ4v) is 3.48. The minimum Gasteiger partial charge on any atom is -0.298 e. The van der Waals surface area contributed by atoms with Crippen LogP contribution in [0, 0.1) is 0 Å². The van der Waals surface area contributed by atoms with Crippen LogP contribution in [-0.2, 0) is 6.54 Å². The van der Waals surface area contributed by atoms with Crippen molar-refractivity contribution >= 4 is 10.9 Å². The summed E-state index contributed by atoms with van der Waals surface area (Å²) in [5.74, 6) is 0.569. The lowest BCUT2D eigenvalue weighted by Gasteiger charge is -2.32. The second kappa shape index (κ2) is 5.89. The molecular formula is C18H20N4. The molecule has 3 aromatic rings. The van der Waals surface area contributed by atoms with Gasteiger partial charge in [-0.3, -0.25) is 15.0 Å². The fraction of sp³-hybridized carbons (Fsp3) is 0.333. The Balaban J connectivity index is 1.55. The van der Waals surface area contributed by atoms with Crippen LogP contribution >= 0.6 is 0 Å². The van der Waals surface area contributed by atoms with Crippen molar-refractivity contribution < 1.29 is 0 Å². The molecule has 1 fully saturated rings. The molecule has 22 heavy (non-hydrogen) atoms. The lowest BCUT2D eigenvalue weighted by atomic mass is 9.94. The fourth-order valence-electron chi connectivity index (χ4n) is 3.48. The summed E-state index contributed by atoms with van der Waals surface area (Å²) in [5, 5.41) is 8.45. The number of aromatic nitrogens is 3. The molecule has 4 nitrogen and oxygen atoms in total. The molecule has 1 N–H and O–H groups in total. The van der Waals surface area contributed by atoms with Crippen LogP contribution in [0.2, 0.25) is 0 Å². The molecule has 0 bridgehead atoms. The van der Waals surface area contributed by atoms with Gasteiger partial charge in [0.2, 0.25) is 0 Å². The Morgan fingerprint density at radius 3 is 3.00 bits per heavy atom. The molecule has 1 aliphatic rings. The van der Waals surface area contributed by atoms with E-state index in [1.54, 1.807) is 0 Å². The van der Waals surface area contributed by atoms with E-state index in [1.165, 1.54) is 29.5 Å². The largest absolute Gasteiger partial charge is 0.298 e. The first-order valence-corrected chi connectivity index (χ1v) is 7.94. The minimum atomic E-state index is 0.569. The van der Waals surface area contributed by atoms with Gasteiger partial charge in [-0.25, -0.2) is 0 Å². The van der Waals surface area contributed by atoms with Gasteiger partial charge >= 0.3 is 0 Å².